The van der Waals surface area contributed by atoms with Crippen LogP contribution in [0.15, 0.2) is 18.3 Å². The normalized spacial score (nSPS) is 10.4. The number of hydrogen-bond acceptors (Lipinski definition) is 5. The Hall–Kier alpha value is -2.24. The highest BCUT2D eigenvalue weighted by Crippen LogP contribution is 2.37. The van der Waals surface area contributed by atoms with Gasteiger partial charge in [-0.1, -0.05) is 0 Å². The number of phenolic OH excluding ortho intramolecular Hbond substituents is 1. The monoisotopic (exact) mass is 225 g/mol. The van der Waals surface area contributed by atoms with Gasteiger partial charge in [-0.15, -0.1) is 0 Å². The topological polar surface area (TPSA) is 81.8 Å². The van der Waals surface area contributed by atoms with Gasteiger partial charge in [0.2, 0.25) is 11.9 Å². The van der Waals surface area contributed by atoms with Crippen molar-refractivity contribution < 1.29 is 19.5 Å². The number of hydrogen-bond donors (Lipinski definition) is 1. The molecule has 1 N–H and O–H groups in total. The standard InChI is InChI=1S/C10H11NO5/c1-15-8-5-7(3-4-11(13)14)6-9(16-2)10(8)12/h3-6,12H,1-2H3. The lowest BCUT2D eigenvalue weighted by atomic mass is 10.2. The third-order valence-electron chi connectivity index (χ3n) is 1.89. The average Bonchev–Trinajstić information content (AvgIpc) is 2.27. The molecule has 0 aliphatic heterocycles. The third-order valence-corrected chi connectivity index (χ3v) is 1.89. The third kappa shape index (κ3) is 2.63. The lowest BCUT2D eigenvalue weighted by Crippen LogP contribution is -1.90. The quantitative estimate of drug-likeness (QED) is 0.622. The molecule has 0 aromatic heterocycles. The minimum atomic E-state index is -0.578. The van der Waals surface area contributed by atoms with E-state index in [1.165, 1.54) is 32.4 Å². The van der Waals surface area contributed by atoms with Crippen LogP contribution in [0.25, 0.3) is 6.08 Å². The molecule has 0 amide bonds. The highest BCUT2D eigenvalue weighted by molar-refractivity contribution is 5.61. The molecule has 1 aromatic rings. The van der Waals surface area contributed by atoms with Crippen molar-refractivity contribution in [1.82, 2.24) is 0 Å². The molecule has 0 radical (unpaired) electrons. The maximum Gasteiger partial charge on any atom is 0.235 e. The van der Waals surface area contributed by atoms with Crippen molar-refractivity contribution in [1.29, 1.82) is 0 Å². The van der Waals surface area contributed by atoms with Gasteiger partial charge in [0, 0.05) is 6.08 Å². The molecule has 0 atom stereocenters. The van der Waals surface area contributed by atoms with E-state index in [2.05, 4.69) is 0 Å². The zero-order valence-electron chi connectivity index (χ0n) is 8.84. The van der Waals surface area contributed by atoms with E-state index in [-0.39, 0.29) is 17.2 Å². The van der Waals surface area contributed by atoms with Gasteiger partial charge in [-0.2, -0.15) is 0 Å². The molecule has 0 unspecified atom stereocenters. The predicted octanol–water partition coefficient (Wildman–Crippen LogP) is 1.66. The van der Waals surface area contributed by atoms with Gasteiger partial charge in [0.05, 0.1) is 19.1 Å². The Balaban J connectivity index is 3.16. The Morgan fingerprint density at radius 2 is 1.81 bits per heavy atom. The minimum Gasteiger partial charge on any atom is -0.502 e. The zero-order valence-corrected chi connectivity index (χ0v) is 8.84. The smallest absolute Gasteiger partial charge is 0.235 e. The van der Waals surface area contributed by atoms with Gasteiger partial charge in [0.1, 0.15) is 0 Å². The van der Waals surface area contributed by atoms with E-state index >= 15 is 0 Å². The van der Waals surface area contributed by atoms with E-state index in [1.54, 1.807) is 0 Å². The molecule has 0 saturated heterocycles. The maximum absolute atomic E-state index is 10.2. The number of phenols is 1. The minimum absolute atomic E-state index is 0.136. The lowest BCUT2D eigenvalue weighted by molar-refractivity contribution is -0.400. The molecule has 0 bridgehead atoms. The van der Waals surface area contributed by atoms with Crippen LogP contribution in [-0.4, -0.2) is 24.2 Å². The predicted molar refractivity (Wildman–Crippen MR) is 57.2 cm³/mol. The molecule has 0 aliphatic carbocycles. The number of rotatable bonds is 4. The van der Waals surface area contributed by atoms with E-state index in [4.69, 9.17) is 9.47 Å². The molecule has 0 heterocycles. The Bertz CT molecular complexity index is 402. The largest absolute Gasteiger partial charge is 0.502 e. The molecule has 0 saturated carbocycles. The van der Waals surface area contributed by atoms with Gasteiger partial charge in [0.25, 0.3) is 0 Å². The Kier molecular flexibility index (Phi) is 3.71. The van der Waals surface area contributed by atoms with Crippen LogP contribution < -0.4 is 9.47 Å². The fourth-order valence-electron chi connectivity index (χ4n) is 1.16. The second-order valence-electron chi connectivity index (χ2n) is 2.88. The first-order valence-corrected chi connectivity index (χ1v) is 4.35. The molecule has 86 valence electrons. The number of nitro groups is 1. The summed E-state index contributed by atoms with van der Waals surface area (Å²) in [6.07, 6.45) is 2.08. The van der Waals surface area contributed by atoms with Gasteiger partial charge < -0.3 is 14.6 Å². The SMILES string of the molecule is COc1cc(C=C[N+](=O)[O-])cc(OC)c1O. The van der Waals surface area contributed by atoms with Crippen molar-refractivity contribution in [2.75, 3.05) is 14.2 Å². The summed E-state index contributed by atoms with van der Waals surface area (Å²) in [6, 6.07) is 2.94. The van der Waals surface area contributed by atoms with Crippen LogP contribution in [0.3, 0.4) is 0 Å². The first-order chi connectivity index (χ1) is 7.58. The maximum atomic E-state index is 10.2. The summed E-state index contributed by atoms with van der Waals surface area (Å²) in [5.41, 5.74) is 0.503. The highest BCUT2D eigenvalue weighted by atomic mass is 16.6. The molecule has 1 rings (SSSR count). The van der Waals surface area contributed by atoms with Crippen LogP contribution in [0.5, 0.6) is 17.2 Å². The number of methoxy groups -OCH3 is 2. The second-order valence-corrected chi connectivity index (χ2v) is 2.88. The van der Waals surface area contributed by atoms with E-state index in [0.717, 1.165) is 6.20 Å². The summed E-state index contributed by atoms with van der Waals surface area (Å²) in [5, 5.41) is 19.7. The molecule has 1 aromatic carbocycles. The van der Waals surface area contributed by atoms with Crippen LogP contribution in [0.2, 0.25) is 0 Å². The van der Waals surface area contributed by atoms with E-state index in [9.17, 15) is 15.2 Å². The molecular weight excluding hydrogens is 214 g/mol. The Morgan fingerprint density at radius 3 is 2.19 bits per heavy atom. The molecule has 16 heavy (non-hydrogen) atoms. The second kappa shape index (κ2) is 5.01. The van der Waals surface area contributed by atoms with Gasteiger partial charge in [-0.25, -0.2) is 0 Å². The summed E-state index contributed by atoms with van der Waals surface area (Å²) in [4.78, 5) is 9.58. The number of ether oxygens (including phenoxy) is 2. The average molecular weight is 225 g/mol. The van der Waals surface area contributed by atoms with Gasteiger partial charge in [0.15, 0.2) is 11.5 Å². The Morgan fingerprint density at radius 1 is 1.31 bits per heavy atom. The molecule has 0 fully saturated rings. The van der Waals surface area contributed by atoms with Crippen LogP contribution in [0.1, 0.15) is 5.56 Å². The fourth-order valence-corrected chi connectivity index (χ4v) is 1.16. The summed E-state index contributed by atoms with van der Waals surface area (Å²) in [6.45, 7) is 0. The summed E-state index contributed by atoms with van der Waals surface area (Å²) >= 11 is 0. The van der Waals surface area contributed by atoms with Crippen molar-refractivity contribution >= 4 is 6.08 Å². The van der Waals surface area contributed by atoms with Gasteiger partial charge >= 0.3 is 0 Å². The molecular formula is C10H11NO5. The Labute approximate surface area is 91.9 Å². The zero-order chi connectivity index (χ0) is 12.1. The molecule has 0 aliphatic rings. The molecule has 6 heteroatoms. The van der Waals surface area contributed by atoms with E-state index < -0.39 is 4.92 Å². The van der Waals surface area contributed by atoms with Crippen molar-refractivity contribution in [3.8, 4) is 17.2 Å². The van der Waals surface area contributed by atoms with Crippen LogP contribution in [0, 0.1) is 10.1 Å². The molecule has 0 spiro atoms. The first kappa shape index (κ1) is 11.8. The highest BCUT2D eigenvalue weighted by Gasteiger charge is 2.10. The summed E-state index contributed by atoms with van der Waals surface area (Å²) in [5.74, 6) is 0.257. The summed E-state index contributed by atoms with van der Waals surface area (Å²) < 4.78 is 9.80. The van der Waals surface area contributed by atoms with Crippen molar-refractivity contribution in [3.63, 3.8) is 0 Å². The van der Waals surface area contributed by atoms with E-state index in [0.29, 0.717) is 5.56 Å². The van der Waals surface area contributed by atoms with Crippen LogP contribution >= 0.6 is 0 Å². The van der Waals surface area contributed by atoms with E-state index in [1.807, 2.05) is 0 Å². The molecule has 6 nitrogen and oxygen atoms in total. The van der Waals surface area contributed by atoms with Gasteiger partial charge in [-0.05, 0) is 17.7 Å². The van der Waals surface area contributed by atoms with Crippen molar-refractivity contribution in [3.05, 3.63) is 34.0 Å². The summed E-state index contributed by atoms with van der Waals surface area (Å²) in [7, 11) is 2.77. The lowest BCUT2D eigenvalue weighted by Gasteiger charge is -2.08. The fraction of sp³-hybridized carbons (Fsp3) is 0.200. The van der Waals surface area contributed by atoms with Crippen molar-refractivity contribution in [2.45, 2.75) is 0 Å². The number of benzene rings is 1. The first-order valence-electron chi connectivity index (χ1n) is 4.35. The van der Waals surface area contributed by atoms with Crippen LogP contribution in [0.4, 0.5) is 0 Å². The van der Waals surface area contributed by atoms with Crippen molar-refractivity contribution in [2.24, 2.45) is 0 Å². The van der Waals surface area contributed by atoms with Gasteiger partial charge in [-0.3, -0.25) is 10.1 Å². The number of nitrogens with zero attached hydrogens (tertiary/aromatic N) is 1. The number of aromatic hydroxyl groups is 1. The van der Waals surface area contributed by atoms with Crippen LogP contribution in [-0.2, 0) is 0 Å².